The molecule has 1 aliphatic rings. The largest absolute Gasteiger partial charge is 0.0614 e. The molecule has 0 N–H and O–H groups in total. The molecule has 88 valence electrons. The summed E-state index contributed by atoms with van der Waals surface area (Å²) in [5.41, 5.74) is 7.86. The lowest BCUT2D eigenvalue weighted by Crippen LogP contribution is -2.00. The maximum absolute atomic E-state index is 3.32. The van der Waals surface area contributed by atoms with Crippen LogP contribution in [0.15, 0.2) is 36.4 Å². The van der Waals surface area contributed by atoms with Crippen molar-refractivity contribution in [1.29, 1.82) is 0 Å². The second-order valence-corrected chi connectivity index (χ2v) is 4.93. The maximum atomic E-state index is 3.32. The van der Waals surface area contributed by atoms with Crippen LogP contribution in [0.4, 0.5) is 0 Å². The molecule has 0 fully saturated rings. The van der Waals surface area contributed by atoms with Crippen LogP contribution in [0.5, 0.6) is 0 Å². The van der Waals surface area contributed by atoms with Gasteiger partial charge < -0.3 is 0 Å². The van der Waals surface area contributed by atoms with E-state index in [2.05, 4.69) is 62.1 Å². The fourth-order valence-corrected chi connectivity index (χ4v) is 2.58. The van der Waals surface area contributed by atoms with Crippen LogP contribution < -0.4 is 0 Å². The predicted octanol–water partition coefficient (Wildman–Crippen LogP) is 3.80. The quantitative estimate of drug-likeness (QED) is 0.606. The summed E-state index contributed by atoms with van der Waals surface area (Å²) in [6, 6.07) is 12.9. The lowest BCUT2D eigenvalue weighted by atomic mass is 9.92. The van der Waals surface area contributed by atoms with E-state index in [4.69, 9.17) is 0 Å². The molecule has 2 aromatic carbocycles. The van der Waals surface area contributed by atoms with Gasteiger partial charge in [0.25, 0.3) is 0 Å². The van der Waals surface area contributed by atoms with Crippen molar-refractivity contribution in [2.45, 2.75) is 26.7 Å². The first kappa shape index (κ1) is 11.1. The molecule has 4 bridgehead atoms. The minimum absolute atomic E-state index is 1.10. The molecule has 0 spiro atoms. The molecule has 0 atom stereocenters. The zero-order chi connectivity index (χ0) is 12.5. The normalized spacial score (nSPS) is 12.6. The minimum atomic E-state index is 1.10. The van der Waals surface area contributed by atoms with Crippen LogP contribution >= 0.6 is 0 Å². The van der Waals surface area contributed by atoms with Gasteiger partial charge in [0.2, 0.25) is 0 Å². The average molecular weight is 232 g/mol. The van der Waals surface area contributed by atoms with Crippen molar-refractivity contribution in [1.82, 2.24) is 0 Å². The molecular weight excluding hydrogens is 216 g/mol. The predicted molar refractivity (Wildman–Crippen MR) is 75.7 cm³/mol. The van der Waals surface area contributed by atoms with Crippen molar-refractivity contribution in [3.8, 4) is 11.8 Å². The summed E-state index contributed by atoms with van der Waals surface area (Å²) < 4.78 is 0. The molecule has 0 nitrogen and oxygen atoms in total. The van der Waals surface area contributed by atoms with Crippen LogP contribution in [-0.4, -0.2) is 0 Å². The Bertz CT molecular complexity index is 609. The highest BCUT2D eigenvalue weighted by molar-refractivity contribution is 5.52. The molecule has 0 heteroatoms. The van der Waals surface area contributed by atoms with Gasteiger partial charge in [-0.1, -0.05) is 36.1 Å². The number of hydrogen-bond donors (Lipinski definition) is 0. The zero-order valence-corrected chi connectivity index (χ0v) is 10.9. The Kier molecular flexibility index (Phi) is 2.68. The van der Waals surface area contributed by atoms with Crippen LogP contribution in [0, 0.1) is 25.7 Å². The molecule has 0 aliphatic heterocycles. The van der Waals surface area contributed by atoms with Gasteiger partial charge in [-0.25, -0.2) is 0 Å². The van der Waals surface area contributed by atoms with Crippen molar-refractivity contribution in [3.63, 3.8) is 0 Å². The Balaban J connectivity index is 2.24. The van der Waals surface area contributed by atoms with Gasteiger partial charge in [-0.15, -0.1) is 0 Å². The van der Waals surface area contributed by atoms with Gasteiger partial charge in [0.05, 0.1) is 0 Å². The van der Waals surface area contributed by atoms with E-state index in [-0.39, 0.29) is 0 Å². The molecule has 0 amide bonds. The second-order valence-electron chi connectivity index (χ2n) is 4.93. The standard InChI is InChI=1S/C18H16/c1-13-15-5-3-6-16(13)10-12-18-8-4-7-17(11-9-15)14(18)2/h3-8H,9,11H2,1-2H3. The molecule has 18 heavy (non-hydrogen) atoms. The van der Waals surface area contributed by atoms with E-state index in [1.807, 2.05) is 0 Å². The van der Waals surface area contributed by atoms with E-state index in [0.717, 1.165) is 12.8 Å². The van der Waals surface area contributed by atoms with E-state index in [0.29, 0.717) is 0 Å². The summed E-state index contributed by atoms with van der Waals surface area (Å²) in [5.74, 6) is 6.64. The topological polar surface area (TPSA) is 0 Å². The molecule has 1 aliphatic carbocycles. The number of benzene rings is 2. The Morgan fingerprint density at radius 1 is 0.722 bits per heavy atom. The van der Waals surface area contributed by atoms with Gasteiger partial charge >= 0.3 is 0 Å². The molecule has 0 aromatic heterocycles. The SMILES string of the molecule is Cc1c2cccc1CCc1cccc(c1C)C#C2. The number of hydrogen-bond acceptors (Lipinski definition) is 0. The lowest BCUT2D eigenvalue weighted by molar-refractivity contribution is 0.936. The fraction of sp³-hybridized carbons (Fsp3) is 0.222. The summed E-state index contributed by atoms with van der Waals surface area (Å²) in [7, 11) is 0. The minimum Gasteiger partial charge on any atom is -0.0614 e. The number of fused-ring (bicyclic) bond motifs is 4. The molecule has 2 aromatic rings. The molecule has 0 heterocycles. The molecule has 0 saturated heterocycles. The number of aryl methyl sites for hydroxylation is 2. The van der Waals surface area contributed by atoms with Crippen molar-refractivity contribution in [2.24, 2.45) is 0 Å². The highest BCUT2D eigenvalue weighted by atomic mass is 14.1. The van der Waals surface area contributed by atoms with Crippen LogP contribution in [0.1, 0.15) is 33.4 Å². The van der Waals surface area contributed by atoms with Crippen LogP contribution in [0.2, 0.25) is 0 Å². The third-order valence-corrected chi connectivity index (χ3v) is 3.89. The summed E-state index contributed by atoms with van der Waals surface area (Å²) in [6.07, 6.45) is 2.21. The van der Waals surface area contributed by atoms with Gasteiger partial charge in [0, 0.05) is 11.1 Å². The summed E-state index contributed by atoms with van der Waals surface area (Å²) in [5, 5.41) is 0. The van der Waals surface area contributed by atoms with Crippen molar-refractivity contribution in [2.75, 3.05) is 0 Å². The Morgan fingerprint density at radius 3 is 1.61 bits per heavy atom. The van der Waals surface area contributed by atoms with E-state index >= 15 is 0 Å². The van der Waals surface area contributed by atoms with Crippen molar-refractivity contribution in [3.05, 3.63) is 69.8 Å². The molecule has 3 rings (SSSR count). The van der Waals surface area contributed by atoms with E-state index in [9.17, 15) is 0 Å². The summed E-state index contributed by atoms with van der Waals surface area (Å²) in [6.45, 7) is 4.37. The van der Waals surface area contributed by atoms with Gasteiger partial charge in [0.15, 0.2) is 0 Å². The van der Waals surface area contributed by atoms with E-state index in [1.165, 1.54) is 33.4 Å². The summed E-state index contributed by atoms with van der Waals surface area (Å²) >= 11 is 0. The molecule has 0 unspecified atom stereocenters. The second kappa shape index (κ2) is 4.35. The van der Waals surface area contributed by atoms with Gasteiger partial charge in [-0.3, -0.25) is 0 Å². The van der Waals surface area contributed by atoms with Gasteiger partial charge in [-0.2, -0.15) is 0 Å². The van der Waals surface area contributed by atoms with Crippen molar-refractivity contribution < 1.29 is 0 Å². The fourth-order valence-electron chi connectivity index (χ4n) is 2.58. The third kappa shape index (κ3) is 1.83. The maximum Gasteiger partial charge on any atom is 0.0280 e. The molecule has 0 saturated carbocycles. The average Bonchev–Trinajstić information content (AvgIpc) is 2.38. The van der Waals surface area contributed by atoms with Crippen LogP contribution in [0.25, 0.3) is 0 Å². The molecule has 0 radical (unpaired) electrons. The first-order chi connectivity index (χ1) is 8.75. The van der Waals surface area contributed by atoms with Crippen LogP contribution in [-0.2, 0) is 12.8 Å². The van der Waals surface area contributed by atoms with E-state index < -0.39 is 0 Å². The Morgan fingerprint density at radius 2 is 1.17 bits per heavy atom. The monoisotopic (exact) mass is 232 g/mol. The highest BCUT2D eigenvalue weighted by Gasteiger charge is 2.07. The zero-order valence-electron chi connectivity index (χ0n) is 10.9. The van der Waals surface area contributed by atoms with Crippen LogP contribution in [0.3, 0.4) is 0 Å². The van der Waals surface area contributed by atoms with Gasteiger partial charge in [0.1, 0.15) is 0 Å². The number of rotatable bonds is 0. The first-order valence-electron chi connectivity index (χ1n) is 6.45. The van der Waals surface area contributed by atoms with Gasteiger partial charge in [-0.05, 0) is 61.1 Å². The third-order valence-electron chi connectivity index (χ3n) is 3.89. The van der Waals surface area contributed by atoms with E-state index in [1.54, 1.807) is 0 Å². The Labute approximate surface area is 109 Å². The Hall–Kier alpha value is -2.00. The summed E-state index contributed by atoms with van der Waals surface area (Å²) in [4.78, 5) is 0. The highest BCUT2D eigenvalue weighted by Crippen LogP contribution is 2.20. The smallest absolute Gasteiger partial charge is 0.0280 e. The van der Waals surface area contributed by atoms with Crippen molar-refractivity contribution >= 4 is 0 Å². The lowest BCUT2D eigenvalue weighted by Gasteiger charge is -2.12. The molecular formula is C18H16. The first-order valence-corrected chi connectivity index (χ1v) is 6.45.